The van der Waals surface area contributed by atoms with E-state index in [2.05, 4.69) is 4.52 Å². The molecule has 0 aromatic rings. The zero-order valence-corrected chi connectivity index (χ0v) is 9.30. The molecule has 4 nitrogen and oxygen atoms in total. The van der Waals surface area contributed by atoms with Crippen molar-refractivity contribution in [2.24, 2.45) is 0 Å². The fraction of sp³-hybridized carbons (Fsp3) is 0.750. The third kappa shape index (κ3) is 4.10. The summed E-state index contributed by atoms with van der Waals surface area (Å²) < 4.78 is 6.08. The van der Waals surface area contributed by atoms with Crippen LogP contribution in [0.4, 0.5) is 0 Å². The van der Waals surface area contributed by atoms with E-state index in [1.165, 1.54) is 11.8 Å². The van der Waals surface area contributed by atoms with Crippen molar-refractivity contribution in [2.75, 3.05) is 14.2 Å². The van der Waals surface area contributed by atoms with Gasteiger partial charge in [-0.1, -0.05) is 12.2 Å². The van der Waals surface area contributed by atoms with Crippen LogP contribution in [0.25, 0.3) is 0 Å². The Balaban J connectivity index is 0. The van der Waals surface area contributed by atoms with Crippen molar-refractivity contribution in [1.82, 2.24) is 10.8 Å². The number of hydrogen-bond acceptors (Lipinski definition) is 4. The lowest BCUT2D eigenvalue weighted by molar-refractivity contribution is 0.353. The molecule has 0 aliphatic rings. The topological polar surface area (TPSA) is 67.7 Å². The predicted octanol–water partition coefficient (Wildman–Crippen LogP) is 1.29. The smallest absolute Gasteiger partial charge is 0.287 e. The van der Waals surface area contributed by atoms with Gasteiger partial charge in [0.25, 0.3) is 6.64 Å². The van der Waals surface area contributed by atoms with Gasteiger partial charge in [-0.05, 0) is 18.7 Å². The van der Waals surface area contributed by atoms with Crippen molar-refractivity contribution in [2.45, 2.75) is 6.92 Å². The van der Waals surface area contributed by atoms with Crippen LogP contribution in [0, 0.1) is 0 Å². The quantitative estimate of drug-likeness (QED) is 0.535. The maximum Gasteiger partial charge on any atom is 0.287 e. The summed E-state index contributed by atoms with van der Waals surface area (Å²) in [5.41, 5.74) is 0. The van der Waals surface area contributed by atoms with E-state index in [9.17, 15) is 4.89 Å². The Morgan fingerprint density at radius 1 is 1.64 bits per heavy atom. The van der Waals surface area contributed by atoms with E-state index < -0.39 is 6.64 Å². The van der Waals surface area contributed by atoms with Crippen LogP contribution in [-0.4, -0.2) is 28.7 Å². The summed E-state index contributed by atoms with van der Waals surface area (Å²) in [6.45, 7) is -1.11. The van der Waals surface area contributed by atoms with Gasteiger partial charge >= 0.3 is 0 Å². The number of thiocarbonyl (C=S) groups is 1. The Hall–Kier alpha value is 0.420. The van der Waals surface area contributed by atoms with Crippen LogP contribution in [0.15, 0.2) is 0 Å². The van der Waals surface area contributed by atoms with Gasteiger partial charge in [-0.3, -0.25) is 4.67 Å². The molecule has 1 atom stereocenters. The van der Waals surface area contributed by atoms with E-state index in [4.69, 9.17) is 24.0 Å². The van der Waals surface area contributed by atoms with E-state index in [1.807, 2.05) is 0 Å². The van der Waals surface area contributed by atoms with E-state index in [1.54, 1.807) is 14.0 Å². The highest BCUT2D eigenvalue weighted by atomic mass is 32.5. The molecule has 0 spiro atoms. The second-order valence-electron chi connectivity index (χ2n) is 1.72. The number of nitrogens with zero attached hydrogens (tertiary/aromatic N) is 1. The molecule has 0 aliphatic heterocycles. The fourth-order valence-corrected chi connectivity index (χ4v) is 1.76. The summed E-state index contributed by atoms with van der Waals surface area (Å²) in [4.78, 5) is 9.84. The standard InChI is InChI=1S/C4H10NO2PS2.H3N/c1-4(9)5(2)8(6,10)7-3;/h1-3H3,(H,6,10);1H3/t8-;/m0./s1. The van der Waals surface area contributed by atoms with Gasteiger partial charge in [-0.25, -0.2) is 0 Å². The summed E-state index contributed by atoms with van der Waals surface area (Å²) in [6, 6.07) is 0. The average molecular weight is 216 g/mol. The molecular weight excluding hydrogens is 203 g/mol. The summed E-state index contributed by atoms with van der Waals surface area (Å²) in [5.74, 6) is 0. The maximum absolute atomic E-state index is 9.30. The Morgan fingerprint density at radius 2 is 2.00 bits per heavy atom. The van der Waals surface area contributed by atoms with Crippen LogP contribution in [-0.2, 0) is 16.3 Å². The Labute approximate surface area is 77.3 Å². The van der Waals surface area contributed by atoms with Crippen molar-refractivity contribution in [3.05, 3.63) is 0 Å². The second-order valence-corrected chi connectivity index (χ2v) is 5.68. The molecule has 0 bridgehead atoms. The molecule has 0 fully saturated rings. The van der Waals surface area contributed by atoms with Gasteiger partial charge in [0.05, 0.1) is 4.99 Å². The van der Waals surface area contributed by atoms with Crippen LogP contribution in [0.5, 0.6) is 0 Å². The van der Waals surface area contributed by atoms with Crippen LogP contribution >= 0.6 is 18.9 Å². The third-order valence-corrected chi connectivity index (χ3v) is 4.20. The molecular formula is C4H13N2O2PS2. The molecule has 0 saturated heterocycles. The first-order valence-corrected chi connectivity index (χ1v) is 5.58. The molecule has 0 unspecified atom stereocenters. The zero-order chi connectivity index (χ0) is 8.36. The molecule has 0 rings (SSSR count). The van der Waals surface area contributed by atoms with E-state index in [-0.39, 0.29) is 6.15 Å². The fourth-order valence-electron chi connectivity index (χ4n) is 0.300. The highest BCUT2D eigenvalue weighted by Crippen LogP contribution is 2.44. The monoisotopic (exact) mass is 216 g/mol. The molecule has 0 heterocycles. The molecule has 0 radical (unpaired) electrons. The van der Waals surface area contributed by atoms with E-state index >= 15 is 0 Å². The number of rotatable bonds is 2. The normalized spacial score (nSPS) is 14.5. The highest BCUT2D eigenvalue weighted by Gasteiger charge is 2.18. The van der Waals surface area contributed by atoms with Crippen LogP contribution in [0.3, 0.4) is 0 Å². The van der Waals surface area contributed by atoms with Crippen molar-refractivity contribution < 1.29 is 9.42 Å². The van der Waals surface area contributed by atoms with Crippen molar-refractivity contribution >= 4 is 35.7 Å². The molecule has 0 amide bonds. The van der Waals surface area contributed by atoms with Crippen LogP contribution in [0.2, 0.25) is 0 Å². The minimum absolute atomic E-state index is 0. The summed E-state index contributed by atoms with van der Waals surface area (Å²) in [7, 11) is 2.99. The second kappa shape index (κ2) is 5.13. The van der Waals surface area contributed by atoms with Gasteiger partial charge in [0, 0.05) is 14.2 Å². The minimum atomic E-state index is -2.80. The van der Waals surface area contributed by atoms with Crippen LogP contribution in [0.1, 0.15) is 6.92 Å². The van der Waals surface area contributed by atoms with Crippen molar-refractivity contribution in [3.8, 4) is 0 Å². The summed E-state index contributed by atoms with van der Waals surface area (Å²) in [6.07, 6.45) is 0. The third-order valence-electron chi connectivity index (χ3n) is 1.07. The Morgan fingerprint density at radius 3 is 2.09 bits per heavy atom. The lowest BCUT2D eigenvalue weighted by atomic mass is 10.8. The lowest BCUT2D eigenvalue weighted by Crippen LogP contribution is -2.19. The SMILES string of the molecule is CO[P@](O)(=S)N(C)C(C)=S.N. The van der Waals surface area contributed by atoms with Gasteiger partial charge < -0.3 is 15.6 Å². The number of hydrogen-bond donors (Lipinski definition) is 2. The average Bonchev–Trinajstić information content (AvgIpc) is 1.86. The van der Waals surface area contributed by atoms with Gasteiger partial charge in [0.2, 0.25) is 0 Å². The van der Waals surface area contributed by atoms with Crippen molar-refractivity contribution in [3.63, 3.8) is 0 Å². The lowest BCUT2D eigenvalue weighted by Gasteiger charge is -2.24. The summed E-state index contributed by atoms with van der Waals surface area (Å²) >= 11 is 9.51. The van der Waals surface area contributed by atoms with Crippen LogP contribution < -0.4 is 6.15 Å². The van der Waals surface area contributed by atoms with E-state index in [0.717, 1.165) is 0 Å². The highest BCUT2D eigenvalue weighted by molar-refractivity contribution is 8.08. The minimum Gasteiger partial charge on any atom is -0.344 e. The predicted molar refractivity (Wildman–Crippen MR) is 54.6 cm³/mol. The first-order valence-electron chi connectivity index (χ1n) is 2.55. The Kier molecular flexibility index (Phi) is 6.52. The summed E-state index contributed by atoms with van der Waals surface area (Å²) in [5, 5.41) is 0. The molecule has 7 heteroatoms. The molecule has 0 saturated carbocycles. The van der Waals surface area contributed by atoms with Gasteiger partial charge in [0.1, 0.15) is 0 Å². The molecule has 68 valence electrons. The zero-order valence-electron chi connectivity index (χ0n) is 6.77. The molecule has 0 aromatic carbocycles. The van der Waals surface area contributed by atoms with Crippen molar-refractivity contribution in [1.29, 1.82) is 0 Å². The molecule has 0 aromatic heterocycles. The van der Waals surface area contributed by atoms with Gasteiger partial charge in [-0.15, -0.1) is 0 Å². The first kappa shape index (κ1) is 14.0. The van der Waals surface area contributed by atoms with E-state index in [0.29, 0.717) is 4.99 Å². The largest absolute Gasteiger partial charge is 0.344 e. The first-order chi connectivity index (χ1) is 4.41. The maximum atomic E-state index is 9.30. The van der Waals surface area contributed by atoms with Gasteiger partial charge in [-0.2, -0.15) is 0 Å². The van der Waals surface area contributed by atoms with Gasteiger partial charge in [0.15, 0.2) is 0 Å². The Bertz CT molecular complexity index is 187. The molecule has 0 aliphatic carbocycles. The molecule has 11 heavy (non-hydrogen) atoms. The molecule has 4 N–H and O–H groups in total.